The first-order valence-corrected chi connectivity index (χ1v) is 20.3. The lowest BCUT2D eigenvalue weighted by molar-refractivity contribution is -0.539. The summed E-state index contributed by atoms with van der Waals surface area (Å²) in [6.07, 6.45) is 7.42. The van der Waals surface area contributed by atoms with Crippen molar-refractivity contribution in [2.75, 3.05) is 18.0 Å². The second kappa shape index (κ2) is 15.4. The monoisotopic (exact) mass is 765 g/mol. The molecule has 5 rings (SSSR count). The van der Waals surface area contributed by atoms with E-state index in [2.05, 4.69) is 0 Å². The summed E-state index contributed by atoms with van der Waals surface area (Å²) < 4.78 is 102. The summed E-state index contributed by atoms with van der Waals surface area (Å²) in [6, 6.07) is 23.4. The minimum atomic E-state index is -4.76. The maximum Gasteiger partial charge on any atom is 0.298 e. The Morgan fingerprint density at radius 1 is 0.654 bits per heavy atom. The molecule has 0 radical (unpaired) electrons. The Bertz CT molecular complexity index is 2450. The van der Waals surface area contributed by atoms with Gasteiger partial charge in [-0.3, -0.25) is 13.7 Å². The average Bonchev–Trinajstić information content (AvgIpc) is 3.10. The van der Waals surface area contributed by atoms with Gasteiger partial charge in [-0.15, -0.1) is 0 Å². The van der Waals surface area contributed by atoms with E-state index in [0.29, 0.717) is 59.6 Å². The second-order valence-corrected chi connectivity index (χ2v) is 16.1. The largest absolute Gasteiger partial charge is 0.506 e. The third-order valence-electron chi connectivity index (χ3n) is 8.47. The van der Waals surface area contributed by atoms with Crippen molar-refractivity contribution in [3.63, 3.8) is 0 Å². The fourth-order valence-electron chi connectivity index (χ4n) is 5.87. The molecule has 12 nitrogen and oxygen atoms in total. The van der Waals surface area contributed by atoms with Crippen molar-refractivity contribution in [2.24, 2.45) is 0 Å². The lowest BCUT2D eigenvalue weighted by atomic mass is 9.90. The zero-order chi connectivity index (χ0) is 37.8. The molecule has 0 unspecified atom stereocenters. The van der Waals surface area contributed by atoms with Crippen LogP contribution in [0.4, 0.5) is 5.69 Å². The Kier molecular flexibility index (Phi) is 11.3. The number of hydrogen-bond donors (Lipinski definition) is 4. The lowest BCUT2D eigenvalue weighted by Crippen LogP contribution is -2.22. The first kappa shape index (κ1) is 38.3. The molecule has 0 spiro atoms. The van der Waals surface area contributed by atoms with Gasteiger partial charge in [0.2, 0.25) is 0 Å². The van der Waals surface area contributed by atoms with Crippen LogP contribution < -0.4 is 4.90 Å². The van der Waals surface area contributed by atoms with Crippen molar-refractivity contribution in [2.45, 2.75) is 41.6 Å². The minimum absolute atomic E-state index is 0.201. The van der Waals surface area contributed by atoms with Crippen molar-refractivity contribution in [1.29, 1.82) is 0 Å². The summed E-state index contributed by atoms with van der Waals surface area (Å²) in [5.41, 5.74) is 5.30. The van der Waals surface area contributed by atoms with Gasteiger partial charge in [0.25, 0.3) is 30.4 Å². The van der Waals surface area contributed by atoms with Crippen molar-refractivity contribution in [1.82, 2.24) is 0 Å². The van der Waals surface area contributed by atoms with Crippen LogP contribution >= 0.6 is 0 Å². The quantitative estimate of drug-likeness (QED) is 0.101. The Labute approximate surface area is 303 Å². The van der Waals surface area contributed by atoms with Crippen molar-refractivity contribution >= 4 is 47.3 Å². The van der Waals surface area contributed by atoms with Gasteiger partial charge in [0.1, 0.15) is 17.2 Å². The molecule has 15 heteroatoms. The first-order valence-electron chi connectivity index (χ1n) is 16.0. The molecule has 1 aliphatic rings. The second-order valence-electron chi connectivity index (χ2n) is 11.9. The number of rotatable bonds is 12. The van der Waals surface area contributed by atoms with E-state index in [-0.39, 0.29) is 9.79 Å². The third kappa shape index (κ3) is 9.11. The summed E-state index contributed by atoms with van der Waals surface area (Å²) in [4.78, 5) is 0.953. The normalized spacial score (nSPS) is 13.3. The molecule has 0 saturated heterocycles. The van der Waals surface area contributed by atoms with E-state index in [9.17, 15) is 44.0 Å². The predicted molar refractivity (Wildman–Crippen MR) is 197 cm³/mol. The summed E-state index contributed by atoms with van der Waals surface area (Å²) in [6.45, 7) is 5.71. The van der Waals surface area contributed by atoms with Gasteiger partial charge in [0.05, 0.1) is 9.79 Å². The molecule has 4 N–H and O–H groups in total. The fraction of sp³-hybridized carbons (Fsp3) is 0.162. The van der Waals surface area contributed by atoms with E-state index in [1.807, 2.05) is 71.9 Å². The van der Waals surface area contributed by atoms with Crippen LogP contribution in [0, 0.1) is 0 Å². The SMILES string of the molecule is CCN(Cc1cccc(S(=O)(=O)O)c1)c1ccc(C(=C2C=CC(=[N+](CC)Cc3cccc(S(=O)(=O)O)c3)C=C2)c2ccc(O)c(S(=O)(=O)O)c2)cc1. The maximum atomic E-state index is 12.1. The van der Waals surface area contributed by atoms with E-state index in [1.165, 1.54) is 36.4 Å². The van der Waals surface area contributed by atoms with E-state index in [4.69, 9.17) is 0 Å². The molecule has 4 aromatic rings. The molecule has 0 amide bonds. The molecule has 52 heavy (non-hydrogen) atoms. The molecule has 0 aromatic heterocycles. The number of phenolic OH excluding ortho intramolecular Hbond substituents is 1. The van der Waals surface area contributed by atoms with Gasteiger partial charge in [-0.2, -0.15) is 25.3 Å². The van der Waals surface area contributed by atoms with Crippen LogP contribution in [0.5, 0.6) is 5.75 Å². The van der Waals surface area contributed by atoms with Crippen LogP contribution in [0.15, 0.2) is 136 Å². The van der Waals surface area contributed by atoms with Gasteiger partial charge in [0, 0.05) is 36.5 Å². The number of phenols is 1. The fourth-order valence-corrected chi connectivity index (χ4v) is 7.58. The highest BCUT2D eigenvalue weighted by Crippen LogP contribution is 2.35. The van der Waals surface area contributed by atoms with Gasteiger partial charge in [0.15, 0.2) is 12.3 Å². The molecule has 0 aliphatic heterocycles. The Hall–Kier alpha value is -4.90. The van der Waals surface area contributed by atoms with Crippen molar-refractivity contribution in [3.8, 4) is 5.75 Å². The lowest BCUT2D eigenvalue weighted by Gasteiger charge is -2.24. The topological polar surface area (TPSA) is 190 Å². The number of aromatic hydroxyl groups is 1. The van der Waals surface area contributed by atoms with Crippen LogP contribution in [-0.2, 0) is 43.4 Å². The molecule has 4 aromatic carbocycles. The van der Waals surface area contributed by atoms with E-state index in [0.717, 1.165) is 11.4 Å². The van der Waals surface area contributed by atoms with Crippen molar-refractivity contribution in [3.05, 3.63) is 143 Å². The third-order valence-corrected chi connectivity index (χ3v) is 11.1. The number of anilines is 1. The number of nitrogens with zero attached hydrogens (tertiary/aromatic N) is 2. The molecule has 0 saturated carbocycles. The summed E-state index contributed by atoms with van der Waals surface area (Å²) >= 11 is 0. The highest BCUT2D eigenvalue weighted by molar-refractivity contribution is 7.86. The van der Waals surface area contributed by atoms with Crippen LogP contribution in [0.2, 0.25) is 0 Å². The summed E-state index contributed by atoms with van der Waals surface area (Å²) in [5.74, 6) is -0.607. The highest BCUT2D eigenvalue weighted by atomic mass is 32.2. The van der Waals surface area contributed by atoms with Crippen molar-refractivity contribution < 1.29 is 48.6 Å². The molecule has 0 bridgehead atoms. The standard InChI is InChI=1S/C37H36N2O10S3/c1-3-38(24-26-7-5-9-33(21-26)50(41,42)43)31-16-11-28(12-17-31)37(30-15-20-35(40)36(23-30)52(47,48)49)29-13-18-32(19-14-29)39(4-2)25-27-8-6-10-34(22-27)51(44,45)46/h5-23H,3-4,24-25H2,1-2H3,(H3,41,42,43,44,45,46,47,48,49)/p+1. The minimum Gasteiger partial charge on any atom is -0.506 e. The Morgan fingerprint density at radius 2 is 1.21 bits per heavy atom. The van der Waals surface area contributed by atoms with E-state index >= 15 is 0 Å². The van der Waals surface area contributed by atoms with Crippen LogP contribution in [0.25, 0.3) is 5.57 Å². The Morgan fingerprint density at radius 3 is 1.75 bits per heavy atom. The smallest absolute Gasteiger partial charge is 0.298 e. The van der Waals surface area contributed by atoms with E-state index < -0.39 is 41.0 Å². The van der Waals surface area contributed by atoms with Gasteiger partial charge in [-0.25, -0.2) is 4.58 Å². The predicted octanol–water partition coefficient (Wildman–Crippen LogP) is 5.76. The molecule has 272 valence electrons. The van der Waals surface area contributed by atoms with Gasteiger partial charge < -0.3 is 10.0 Å². The molecular formula is C37H37N2O10S3+. The molecule has 0 heterocycles. The number of benzene rings is 4. The highest BCUT2D eigenvalue weighted by Gasteiger charge is 2.21. The maximum absolute atomic E-state index is 12.1. The van der Waals surface area contributed by atoms with Crippen LogP contribution in [0.3, 0.4) is 0 Å². The molecular weight excluding hydrogens is 729 g/mol. The number of allylic oxidation sites excluding steroid dienone is 5. The van der Waals surface area contributed by atoms with E-state index in [1.54, 1.807) is 30.3 Å². The van der Waals surface area contributed by atoms with Crippen LogP contribution in [-0.4, -0.2) is 67.4 Å². The zero-order valence-corrected chi connectivity index (χ0v) is 30.6. The van der Waals surface area contributed by atoms with Gasteiger partial charge in [-0.05, 0) is 102 Å². The summed E-state index contributed by atoms with van der Waals surface area (Å²) in [5, 5.41) is 10.3. The molecule has 1 aliphatic carbocycles. The first-order chi connectivity index (χ1) is 24.5. The Balaban J connectivity index is 1.54. The average molecular weight is 766 g/mol. The number of hydrogen-bond acceptors (Lipinski definition) is 8. The summed E-state index contributed by atoms with van der Waals surface area (Å²) in [7, 11) is -13.5. The molecule has 0 atom stereocenters. The van der Waals surface area contributed by atoms with Crippen LogP contribution in [0.1, 0.15) is 36.1 Å². The zero-order valence-electron chi connectivity index (χ0n) is 28.2. The van der Waals surface area contributed by atoms with Gasteiger partial charge >= 0.3 is 0 Å². The van der Waals surface area contributed by atoms with Gasteiger partial charge in [-0.1, -0.05) is 42.5 Å². The molecule has 0 fully saturated rings.